The second kappa shape index (κ2) is 7.77. The van der Waals surface area contributed by atoms with E-state index in [-0.39, 0.29) is 24.1 Å². The molecule has 31 heavy (non-hydrogen) atoms. The van der Waals surface area contributed by atoms with E-state index < -0.39 is 10.9 Å². The average Bonchev–Trinajstić information content (AvgIpc) is 3.45. The molecule has 0 spiro atoms. The lowest BCUT2D eigenvalue weighted by Crippen LogP contribution is -2.03. The summed E-state index contributed by atoms with van der Waals surface area (Å²) in [5.41, 5.74) is 4.15. The Kier molecular flexibility index (Phi) is 4.79. The molecule has 5 rings (SSSR count). The average molecular weight is 433 g/mol. The van der Waals surface area contributed by atoms with Crippen molar-refractivity contribution in [3.8, 4) is 21.9 Å². The Morgan fingerprint density at radius 3 is 2.68 bits per heavy atom. The van der Waals surface area contributed by atoms with Crippen LogP contribution in [0.1, 0.15) is 26.7 Å². The van der Waals surface area contributed by atoms with Gasteiger partial charge in [0.05, 0.1) is 4.92 Å². The van der Waals surface area contributed by atoms with E-state index in [1.165, 1.54) is 46.7 Å². The number of hydrogen-bond acceptors (Lipinski definition) is 8. The number of aromatic nitrogens is 2. The first-order valence-corrected chi connectivity index (χ1v) is 10.4. The first-order valence-electron chi connectivity index (χ1n) is 9.54. The molecule has 0 atom stereocenters. The summed E-state index contributed by atoms with van der Waals surface area (Å²) in [6, 6.07) is 15.9. The molecular formula is C22H15N3O5S. The van der Waals surface area contributed by atoms with Crippen LogP contribution in [0.2, 0.25) is 0 Å². The summed E-state index contributed by atoms with van der Waals surface area (Å²) in [5, 5.41) is 18.6. The first kappa shape index (κ1) is 19.1. The Bertz CT molecular complexity index is 1290. The second-order valence-electron chi connectivity index (χ2n) is 7.00. The van der Waals surface area contributed by atoms with E-state index in [1.807, 2.05) is 18.2 Å². The molecule has 1 aliphatic rings. The van der Waals surface area contributed by atoms with Gasteiger partial charge in [-0.05, 0) is 47.7 Å². The number of esters is 1. The van der Waals surface area contributed by atoms with Gasteiger partial charge in [-0.3, -0.25) is 10.1 Å². The van der Waals surface area contributed by atoms with Gasteiger partial charge in [-0.25, -0.2) is 4.79 Å². The van der Waals surface area contributed by atoms with Crippen molar-refractivity contribution < 1.29 is 18.9 Å². The fraction of sp³-hybridized carbons (Fsp3) is 0.136. The molecule has 0 unspecified atom stereocenters. The van der Waals surface area contributed by atoms with Gasteiger partial charge in [-0.15, -0.1) is 21.5 Å². The molecule has 0 saturated carbocycles. The zero-order chi connectivity index (χ0) is 21.4. The second-order valence-corrected chi connectivity index (χ2v) is 8.06. The number of thiophene rings is 1. The summed E-state index contributed by atoms with van der Waals surface area (Å²) in [7, 11) is 0. The predicted octanol–water partition coefficient (Wildman–Crippen LogP) is 4.83. The van der Waals surface area contributed by atoms with Crippen LogP contribution in [0.15, 0.2) is 59.0 Å². The fourth-order valence-electron chi connectivity index (χ4n) is 3.52. The van der Waals surface area contributed by atoms with E-state index in [4.69, 9.17) is 9.15 Å². The molecule has 9 heteroatoms. The van der Waals surface area contributed by atoms with Gasteiger partial charge in [-0.1, -0.05) is 24.3 Å². The number of ether oxygens (including phenoxy) is 1. The predicted molar refractivity (Wildman–Crippen MR) is 113 cm³/mol. The first-order chi connectivity index (χ1) is 15.1. The zero-order valence-corrected chi connectivity index (χ0v) is 16.9. The Balaban J connectivity index is 1.27. The van der Waals surface area contributed by atoms with Crippen molar-refractivity contribution in [1.82, 2.24) is 10.2 Å². The minimum absolute atomic E-state index is 0.0290. The molecule has 0 fully saturated rings. The molecular weight excluding hydrogens is 418 g/mol. The van der Waals surface area contributed by atoms with E-state index in [9.17, 15) is 14.9 Å². The number of nitro groups is 1. The fourth-order valence-corrected chi connectivity index (χ4v) is 4.69. The van der Waals surface area contributed by atoms with Crippen LogP contribution in [0.3, 0.4) is 0 Å². The van der Waals surface area contributed by atoms with Crippen LogP contribution >= 0.6 is 11.3 Å². The number of nitro benzene ring substituents is 1. The highest BCUT2D eigenvalue weighted by Gasteiger charge is 2.22. The lowest BCUT2D eigenvalue weighted by Gasteiger charge is -2.15. The molecule has 8 nitrogen and oxygen atoms in total. The molecule has 0 saturated heterocycles. The van der Waals surface area contributed by atoms with Crippen molar-refractivity contribution in [2.75, 3.05) is 0 Å². The van der Waals surface area contributed by atoms with Gasteiger partial charge >= 0.3 is 5.97 Å². The quantitative estimate of drug-likeness (QED) is 0.252. The Morgan fingerprint density at radius 1 is 1.10 bits per heavy atom. The SMILES string of the molecule is O=C(OCc1nnc(-c2ccc([N+](=O)[O-])cc2)o1)c1cc2c(s1)-c1ccccc1CC2. The maximum atomic E-state index is 12.6. The van der Waals surface area contributed by atoms with Crippen molar-refractivity contribution in [3.05, 3.63) is 86.6 Å². The van der Waals surface area contributed by atoms with Crippen LogP contribution in [0.5, 0.6) is 0 Å². The van der Waals surface area contributed by atoms with Gasteiger partial charge in [0.2, 0.25) is 5.89 Å². The highest BCUT2D eigenvalue weighted by molar-refractivity contribution is 7.17. The van der Waals surface area contributed by atoms with Crippen LogP contribution in [0.25, 0.3) is 21.9 Å². The van der Waals surface area contributed by atoms with Crippen molar-refractivity contribution in [2.45, 2.75) is 19.4 Å². The highest BCUT2D eigenvalue weighted by atomic mass is 32.1. The van der Waals surface area contributed by atoms with E-state index in [2.05, 4.69) is 22.3 Å². The number of nitrogens with zero attached hydrogens (tertiary/aromatic N) is 3. The topological polar surface area (TPSA) is 108 Å². The molecule has 0 N–H and O–H groups in total. The molecule has 2 heterocycles. The molecule has 2 aromatic carbocycles. The number of aryl methyl sites for hydroxylation is 2. The van der Waals surface area contributed by atoms with E-state index in [1.54, 1.807) is 0 Å². The summed E-state index contributed by atoms with van der Waals surface area (Å²) in [4.78, 5) is 24.5. The lowest BCUT2D eigenvalue weighted by atomic mass is 9.91. The third kappa shape index (κ3) is 3.71. The normalized spacial score (nSPS) is 12.1. The molecule has 0 amide bonds. The van der Waals surface area contributed by atoms with E-state index in [0.29, 0.717) is 10.4 Å². The van der Waals surface area contributed by atoms with E-state index in [0.717, 1.165) is 23.3 Å². The van der Waals surface area contributed by atoms with Crippen molar-refractivity contribution in [2.24, 2.45) is 0 Å². The molecule has 0 bridgehead atoms. The largest absolute Gasteiger partial charge is 0.451 e. The van der Waals surface area contributed by atoms with Crippen molar-refractivity contribution in [3.63, 3.8) is 0 Å². The Hall–Kier alpha value is -3.85. The summed E-state index contributed by atoms with van der Waals surface area (Å²) >= 11 is 1.43. The standard InChI is InChI=1S/C22H15N3O5S/c26-22(18-11-15-6-5-13-3-1-2-4-17(13)20(15)31-18)29-12-19-23-24-21(30-19)14-7-9-16(10-8-14)25(27)28/h1-4,7-11H,5-6,12H2. The van der Waals surface area contributed by atoms with Gasteiger partial charge in [0.25, 0.3) is 11.6 Å². The molecule has 154 valence electrons. The van der Waals surface area contributed by atoms with Crippen LogP contribution < -0.4 is 0 Å². The Morgan fingerprint density at radius 2 is 1.87 bits per heavy atom. The Labute approximate surface area is 180 Å². The summed E-state index contributed by atoms with van der Waals surface area (Å²) in [6.45, 7) is -0.155. The number of carbonyl (C=O) groups excluding carboxylic acids is 1. The summed E-state index contributed by atoms with van der Waals surface area (Å²) in [5.74, 6) is -0.0931. The van der Waals surface area contributed by atoms with Gasteiger partial charge in [0.15, 0.2) is 6.61 Å². The molecule has 2 aromatic heterocycles. The third-order valence-corrected chi connectivity index (χ3v) is 6.25. The summed E-state index contributed by atoms with van der Waals surface area (Å²) < 4.78 is 10.9. The maximum Gasteiger partial charge on any atom is 0.348 e. The van der Waals surface area contributed by atoms with Gasteiger partial charge in [0, 0.05) is 22.6 Å². The summed E-state index contributed by atoms with van der Waals surface area (Å²) in [6.07, 6.45) is 1.86. The van der Waals surface area contributed by atoms with Gasteiger partial charge in [0.1, 0.15) is 4.88 Å². The number of rotatable bonds is 5. The minimum Gasteiger partial charge on any atom is -0.451 e. The van der Waals surface area contributed by atoms with Crippen LogP contribution in [-0.4, -0.2) is 21.1 Å². The van der Waals surface area contributed by atoms with Gasteiger partial charge in [-0.2, -0.15) is 0 Å². The number of benzene rings is 2. The number of hydrogen-bond donors (Lipinski definition) is 0. The smallest absolute Gasteiger partial charge is 0.348 e. The van der Waals surface area contributed by atoms with Crippen LogP contribution in [0.4, 0.5) is 5.69 Å². The lowest BCUT2D eigenvalue weighted by molar-refractivity contribution is -0.384. The third-order valence-electron chi connectivity index (χ3n) is 5.05. The van der Waals surface area contributed by atoms with Crippen LogP contribution in [0, 0.1) is 10.1 Å². The van der Waals surface area contributed by atoms with Crippen molar-refractivity contribution in [1.29, 1.82) is 0 Å². The maximum absolute atomic E-state index is 12.6. The number of non-ortho nitro benzene ring substituents is 1. The molecule has 1 aliphatic carbocycles. The zero-order valence-electron chi connectivity index (χ0n) is 16.1. The van der Waals surface area contributed by atoms with E-state index >= 15 is 0 Å². The van der Waals surface area contributed by atoms with Gasteiger partial charge < -0.3 is 9.15 Å². The van der Waals surface area contributed by atoms with Crippen molar-refractivity contribution >= 4 is 23.0 Å². The molecule has 0 radical (unpaired) electrons. The number of carbonyl (C=O) groups is 1. The molecule has 0 aliphatic heterocycles. The highest BCUT2D eigenvalue weighted by Crippen LogP contribution is 2.39. The van der Waals surface area contributed by atoms with Crippen LogP contribution in [-0.2, 0) is 24.2 Å². The monoisotopic (exact) mass is 433 g/mol. The molecule has 4 aromatic rings. The number of fused-ring (bicyclic) bond motifs is 3. The minimum atomic E-state index is -0.483.